The molecule has 0 unspecified atom stereocenters. The second-order valence-electron chi connectivity index (χ2n) is 3.85. The van der Waals surface area contributed by atoms with E-state index < -0.39 is 0 Å². The van der Waals surface area contributed by atoms with Crippen LogP contribution in [0.3, 0.4) is 0 Å². The number of nitrogens with two attached hydrogens (primary N) is 1. The molecule has 0 saturated carbocycles. The number of nitrogens with zero attached hydrogens (tertiary/aromatic N) is 4. The highest BCUT2D eigenvalue weighted by Gasteiger charge is 2.11. The van der Waals surface area contributed by atoms with E-state index in [1.807, 2.05) is 19.1 Å². The summed E-state index contributed by atoms with van der Waals surface area (Å²) in [5, 5.41) is 11.7. The van der Waals surface area contributed by atoms with E-state index in [2.05, 4.69) is 37.5 Å². The third-order valence-corrected chi connectivity index (χ3v) is 3.13. The van der Waals surface area contributed by atoms with E-state index in [0.717, 1.165) is 28.8 Å². The fraction of sp³-hybridized carbons (Fsp3) is 0.364. The molecule has 0 aliphatic carbocycles. The van der Waals surface area contributed by atoms with Gasteiger partial charge in [-0.15, -0.1) is 5.10 Å². The first-order valence-corrected chi connectivity index (χ1v) is 6.24. The van der Waals surface area contributed by atoms with Crippen molar-refractivity contribution in [2.45, 2.75) is 19.9 Å². The molecule has 2 N–H and O–H groups in total. The van der Waals surface area contributed by atoms with Crippen LogP contribution in [0.25, 0.3) is 11.4 Å². The van der Waals surface area contributed by atoms with E-state index in [4.69, 9.17) is 5.73 Å². The van der Waals surface area contributed by atoms with Crippen molar-refractivity contribution in [3.63, 3.8) is 0 Å². The van der Waals surface area contributed by atoms with E-state index in [9.17, 15) is 0 Å². The molecule has 2 aromatic rings. The van der Waals surface area contributed by atoms with Crippen molar-refractivity contribution in [1.82, 2.24) is 20.2 Å². The van der Waals surface area contributed by atoms with Crippen LogP contribution in [0.5, 0.6) is 0 Å². The molecular weight excluding hydrogens is 282 g/mol. The van der Waals surface area contributed by atoms with E-state index in [1.54, 1.807) is 4.68 Å². The number of tetrazole rings is 1. The lowest BCUT2D eigenvalue weighted by Gasteiger charge is -2.06. The molecule has 5 nitrogen and oxygen atoms in total. The van der Waals surface area contributed by atoms with Crippen molar-refractivity contribution in [3.8, 4) is 11.4 Å². The molecule has 0 fully saturated rings. The van der Waals surface area contributed by atoms with Crippen molar-refractivity contribution in [1.29, 1.82) is 0 Å². The minimum absolute atomic E-state index is 0.633. The maximum absolute atomic E-state index is 5.49. The first-order valence-electron chi connectivity index (χ1n) is 5.45. The molecule has 0 atom stereocenters. The lowest BCUT2D eigenvalue weighted by molar-refractivity contribution is 0.568. The summed E-state index contributed by atoms with van der Waals surface area (Å²) in [7, 11) is 0. The molecule has 1 aromatic heterocycles. The molecule has 6 heteroatoms. The van der Waals surface area contributed by atoms with Gasteiger partial charge in [0, 0.05) is 16.6 Å². The van der Waals surface area contributed by atoms with Crippen LogP contribution in [0.1, 0.15) is 12.0 Å². The summed E-state index contributed by atoms with van der Waals surface area (Å²) in [5.74, 6) is 0.769. The van der Waals surface area contributed by atoms with Crippen LogP contribution in [0.4, 0.5) is 0 Å². The van der Waals surface area contributed by atoms with Gasteiger partial charge in [0.15, 0.2) is 5.82 Å². The summed E-state index contributed by atoms with van der Waals surface area (Å²) in [6, 6.07) is 6.11. The van der Waals surface area contributed by atoms with Crippen LogP contribution in [-0.2, 0) is 6.54 Å². The highest BCUT2D eigenvalue weighted by Crippen LogP contribution is 2.27. The number of hydrogen-bond acceptors (Lipinski definition) is 4. The van der Waals surface area contributed by atoms with Gasteiger partial charge in [0.05, 0.1) is 0 Å². The molecule has 1 aromatic carbocycles. The lowest BCUT2D eigenvalue weighted by atomic mass is 10.1. The van der Waals surface area contributed by atoms with Gasteiger partial charge in [0.2, 0.25) is 0 Å². The Morgan fingerprint density at radius 1 is 1.41 bits per heavy atom. The molecule has 0 saturated heterocycles. The Hall–Kier alpha value is -1.27. The maximum atomic E-state index is 5.49. The first-order chi connectivity index (χ1) is 8.22. The Morgan fingerprint density at radius 3 is 2.94 bits per heavy atom. The van der Waals surface area contributed by atoms with Gasteiger partial charge in [-0.25, -0.2) is 4.68 Å². The fourth-order valence-electron chi connectivity index (χ4n) is 1.59. The van der Waals surface area contributed by atoms with Gasteiger partial charge in [0.25, 0.3) is 0 Å². The maximum Gasteiger partial charge on any atom is 0.183 e. The number of aryl methyl sites for hydroxylation is 2. The molecule has 0 spiro atoms. The van der Waals surface area contributed by atoms with E-state index in [-0.39, 0.29) is 0 Å². The van der Waals surface area contributed by atoms with Gasteiger partial charge in [-0.1, -0.05) is 22.0 Å². The number of hydrogen-bond donors (Lipinski definition) is 1. The molecular formula is C11H14BrN5. The molecule has 0 bridgehead atoms. The van der Waals surface area contributed by atoms with Gasteiger partial charge < -0.3 is 5.73 Å². The molecule has 2 rings (SSSR count). The average molecular weight is 296 g/mol. The standard InChI is InChI=1S/C11H14BrN5/c1-8-3-4-9(10(12)7-8)11-14-15-16-17(11)6-2-5-13/h3-4,7H,2,5-6,13H2,1H3. The van der Waals surface area contributed by atoms with Gasteiger partial charge in [-0.3, -0.25) is 0 Å². The minimum Gasteiger partial charge on any atom is -0.330 e. The van der Waals surface area contributed by atoms with Crippen LogP contribution in [0.15, 0.2) is 22.7 Å². The molecule has 0 amide bonds. The summed E-state index contributed by atoms with van der Waals surface area (Å²) in [5.41, 5.74) is 7.69. The topological polar surface area (TPSA) is 69.6 Å². The second kappa shape index (κ2) is 5.37. The summed E-state index contributed by atoms with van der Waals surface area (Å²) in [6.07, 6.45) is 0.863. The van der Waals surface area contributed by atoms with Crippen molar-refractivity contribution < 1.29 is 0 Å². The number of halogens is 1. The Bertz CT molecular complexity index is 508. The van der Waals surface area contributed by atoms with E-state index in [1.165, 1.54) is 5.56 Å². The predicted octanol–water partition coefficient (Wildman–Crippen LogP) is 1.76. The van der Waals surface area contributed by atoms with E-state index in [0.29, 0.717) is 6.54 Å². The fourth-order valence-corrected chi connectivity index (χ4v) is 2.26. The number of aromatic nitrogens is 4. The van der Waals surface area contributed by atoms with Crippen molar-refractivity contribution in [2.24, 2.45) is 5.73 Å². The normalized spacial score (nSPS) is 10.8. The van der Waals surface area contributed by atoms with Gasteiger partial charge in [-0.2, -0.15) is 0 Å². The zero-order valence-corrected chi connectivity index (χ0v) is 11.2. The summed E-state index contributed by atoms with van der Waals surface area (Å²) < 4.78 is 2.78. The van der Waals surface area contributed by atoms with Crippen LogP contribution in [0, 0.1) is 6.92 Å². The zero-order valence-electron chi connectivity index (χ0n) is 9.60. The number of benzene rings is 1. The van der Waals surface area contributed by atoms with Gasteiger partial charge in [0.1, 0.15) is 0 Å². The monoisotopic (exact) mass is 295 g/mol. The van der Waals surface area contributed by atoms with Crippen molar-refractivity contribution in [2.75, 3.05) is 6.54 Å². The highest BCUT2D eigenvalue weighted by atomic mass is 79.9. The van der Waals surface area contributed by atoms with E-state index >= 15 is 0 Å². The van der Waals surface area contributed by atoms with Crippen LogP contribution in [-0.4, -0.2) is 26.8 Å². The molecule has 0 aliphatic rings. The Kier molecular flexibility index (Phi) is 3.86. The quantitative estimate of drug-likeness (QED) is 0.933. The lowest BCUT2D eigenvalue weighted by Crippen LogP contribution is -2.08. The molecule has 0 radical (unpaired) electrons. The second-order valence-corrected chi connectivity index (χ2v) is 4.71. The number of rotatable bonds is 4. The zero-order chi connectivity index (χ0) is 12.3. The van der Waals surface area contributed by atoms with Crippen LogP contribution < -0.4 is 5.73 Å². The molecule has 0 aliphatic heterocycles. The van der Waals surface area contributed by atoms with Crippen LogP contribution in [0.2, 0.25) is 0 Å². The van der Waals surface area contributed by atoms with Crippen molar-refractivity contribution >= 4 is 15.9 Å². The molecule has 90 valence electrons. The third-order valence-electron chi connectivity index (χ3n) is 2.47. The summed E-state index contributed by atoms with van der Waals surface area (Å²) in [6.45, 7) is 3.42. The Balaban J connectivity index is 2.35. The largest absolute Gasteiger partial charge is 0.330 e. The minimum atomic E-state index is 0.633. The third kappa shape index (κ3) is 2.70. The highest BCUT2D eigenvalue weighted by molar-refractivity contribution is 9.10. The first kappa shape index (κ1) is 12.2. The smallest absolute Gasteiger partial charge is 0.183 e. The predicted molar refractivity (Wildman–Crippen MR) is 69.4 cm³/mol. The average Bonchev–Trinajstić information content (AvgIpc) is 2.74. The summed E-state index contributed by atoms with van der Waals surface area (Å²) in [4.78, 5) is 0. The molecule has 1 heterocycles. The van der Waals surface area contributed by atoms with Crippen LogP contribution >= 0.6 is 15.9 Å². The molecule has 17 heavy (non-hydrogen) atoms. The SMILES string of the molecule is Cc1ccc(-c2nnnn2CCCN)c(Br)c1. The summed E-state index contributed by atoms with van der Waals surface area (Å²) >= 11 is 3.54. The van der Waals surface area contributed by atoms with Gasteiger partial charge >= 0.3 is 0 Å². The van der Waals surface area contributed by atoms with Crippen molar-refractivity contribution in [3.05, 3.63) is 28.2 Å². The van der Waals surface area contributed by atoms with Gasteiger partial charge in [-0.05, 0) is 48.0 Å². The Morgan fingerprint density at radius 2 is 2.24 bits per heavy atom. The Labute approximate surface area is 108 Å².